The van der Waals surface area contributed by atoms with Crippen molar-refractivity contribution in [1.82, 2.24) is 15.7 Å². The molecule has 152 valence electrons. The van der Waals surface area contributed by atoms with E-state index >= 15 is 0 Å². The summed E-state index contributed by atoms with van der Waals surface area (Å²) in [7, 11) is -0.857. The summed E-state index contributed by atoms with van der Waals surface area (Å²) >= 11 is 0. The van der Waals surface area contributed by atoms with Crippen LogP contribution < -0.4 is 10.5 Å². The molecule has 0 spiro atoms. The van der Waals surface area contributed by atoms with Crippen molar-refractivity contribution in [3.8, 4) is 6.07 Å². The summed E-state index contributed by atoms with van der Waals surface area (Å²) in [6, 6.07) is 11.0. The topological polar surface area (TPSA) is 120 Å². The Balaban J connectivity index is 2.17. The van der Waals surface area contributed by atoms with Gasteiger partial charge in [0.05, 0.1) is 30.9 Å². The number of rotatable bonds is 10. The van der Waals surface area contributed by atoms with Crippen LogP contribution in [0.25, 0.3) is 6.08 Å². The van der Waals surface area contributed by atoms with E-state index in [2.05, 4.69) is 15.7 Å². The minimum atomic E-state index is -1.03. The Morgan fingerprint density at radius 1 is 1.45 bits per heavy atom. The molecular weight excluding hydrogens is 371 g/mol. The maximum Gasteiger partial charge on any atom is 0.374 e. The van der Waals surface area contributed by atoms with Crippen molar-refractivity contribution in [2.24, 2.45) is 0 Å². The maximum atomic E-state index is 12.8. The predicted octanol–water partition coefficient (Wildman–Crippen LogP) is 2.06. The van der Waals surface area contributed by atoms with Gasteiger partial charge >= 0.3 is 7.05 Å². The molecule has 0 saturated carbocycles. The van der Waals surface area contributed by atoms with E-state index in [4.69, 9.17) is 14.5 Å². The Kier molecular flexibility index (Phi) is 8.15. The van der Waals surface area contributed by atoms with Crippen molar-refractivity contribution in [1.29, 1.82) is 5.26 Å². The van der Waals surface area contributed by atoms with Crippen LogP contribution in [0.15, 0.2) is 47.2 Å². The first-order chi connectivity index (χ1) is 13.8. The molecule has 0 aliphatic rings. The van der Waals surface area contributed by atoms with Crippen LogP contribution in [0, 0.1) is 11.3 Å². The third-order valence-electron chi connectivity index (χ3n) is 4.13. The van der Waals surface area contributed by atoms with Gasteiger partial charge in [-0.3, -0.25) is 4.79 Å². The maximum absolute atomic E-state index is 12.8. The highest BCUT2D eigenvalue weighted by Gasteiger charge is 2.32. The molecule has 0 aliphatic carbocycles. The van der Waals surface area contributed by atoms with Gasteiger partial charge in [-0.05, 0) is 32.3 Å². The summed E-state index contributed by atoms with van der Waals surface area (Å²) in [5, 5.41) is 28.0. The number of allylic oxidation sites excluding steroid dienone is 1. The number of hydrogen-bond donors (Lipinski definition) is 3. The first-order valence-electron chi connectivity index (χ1n) is 9.22. The molecule has 1 aromatic carbocycles. The number of nitriles is 1. The van der Waals surface area contributed by atoms with Gasteiger partial charge in [-0.25, -0.2) is 0 Å². The van der Waals surface area contributed by atoms with Crippen LogP contribution in [-0.4, -0.2) is 35.3 Å². The normalized spacial score (nSPS) is 12.5. The molecule has 0 saturated heterocycles. The van der Waals surface area contributed by atoms with Crippen LogP contribution in [0.2, 0.25) is 6.82 Å². The highest BCUT2D eigenvalue weighted by molar-refractivity contribution is 6.46. The molecular formula is C20H25BN4O4. The van der Waals surface area contributed by atoms with Gasteiger partial charge in [-0.1, -0.05) is 35.5 Å². The van der Waals surface area contributed by atoms with Gasteiger partial charge in [0.15, 0.2) is 0 Å². The van der Waals surface area contributed by atoms with E-state index in [9.17, 15) is 9.82 Å². The quantitative estimate of drug-likeness (QED) is 0.415. The number of amides is 1. The van der Waals surface area contributed by atoms with Crippen LogP contribution >= 0.6 is 0 Å². The Bertz CT molecular complexity index is 859. The fourth-order valence-corrected chi connectivity index (χ4v) is 2.75. The molecule has 0 fully saturated rings. The van der Waals surface area contributed by atoms with E-state index in [0.29, 0.717) is 17.9 Å². The summed E-state index contributed by atoms with van der Waals surface area (Å²) in [6.07, 6.45) is 4.26. The van der Waals surface area contributed by atoms with E-state index in [0.717, 1.165) is 5.56 Å². The van der Waals surface area contributed by atoms with Crippen molar-refractivity contribution >= 4 is 19.0 Å². The van der Waals surface area contributed by atoms with E-state index in [1.807, 2.05) is 36.4 Å². The van der Waals surface area contributed by atoms with Crippen molar-refractivity contribution in [3.63, 3.8) is 0 Å². The molecule has 2 aromatic rings. The Labute approximate surface area is 170 Å². The molecule has 0 bridgehead atoms. The number of nitrogens with one attached hydrogen (secondary N) is 2. The second-order valence-corrected chi connectivity index (χ2v) is 7.09. The van der Waals surface area contributed by atoms with Crippen LogP contribution in [0.1, 0.15) is 36.7 Å². The Morgan fingerprint density at radius 2 is 2.17 bits per heavy atom. The molecule has 1 aromatic heterocycles. The molecule has 8 nitrogen and oxygen atoms in total. The SMILES string of the molecule is CB(O)NC(C)(C)C(=O)N[C@H](COCc1ccccc1)c1nocc1/C=C/C#N. The van der Waals surface area contributed by atoms with Crippen LogP contribution in [-0.2, 0) is 16.1 Å². The van der Waals surface area contributed by atoms with E-state index in [1.54, 1.807) is 19.9 Å². The van der Waals surface area contributed by atoms with Crippen LogP contribution in [0.5, 0.6) is 0 Å². The average molecular weight is 396 g/mol. The van der Waals surface area contributed by atoms with Gasteiger partial charge in [0, 0.05) is 11.6 Å². The summed E-state index contributed by atoms with van der Waals surface area (Å²) < 4.78 is 10.9. The monoisotopic (exact) mass is 396 g/mol. The number of aromatic nitrogens is 1. The highest BCUT2D eigenvalue weighted by atomic mass is 16.5. The van der Waals surface area contributed by atoms with Gasteiger partial charge in [0.25, 0.3) is 0 Å². The van der Waals surface area contributed by atoms with E-state index in [-0.39, 0.29) is 12.5 Å². The van der Waals surface area contributed by atoms with Gasteiger partial charge < -0.3 is 24.8 Å². The van der Waals surface area contributed by atoms with Gasteiger partial charge in [0.1, 0.15) is 12.0 Å². The fraction of sp³-hybridized carbons (Fsp3) is 0.350. The molecule has 0 aliphatic heterocycles. The van der Waals surface area contributed by atoms with Crippen molar-refractivity contribution in [3.05, 3.63) is 59.5 Å². The highest BCUT2D eigenvalue weighted by Crippen LogP contribution is 2.20. The minimum absolute atomic E-state index is 0.144. The Morgan fingerprint density at radius 3 is 2.83 bits per heavy atom. The second-order valence-electron chi connectivity index (χ2n) is 7.09. The fourth-order valence-electron chi connectivity index (χ4n) is 2.75. The van der Waals surface area contributed by atoms with Gasteiger partial charge in [-0.2, -0.15) is 5.26 Å². The van der Waals surface area contributed by atoms with Crippen molar-refractivity contribution in [2.75, 3.05) is 6.61 Å². The van der Waals surface area contributed by atoms with Crippen LogP contribution in [0.4, 0.5) is 0 Å². The first-order valence-corrected chi connectivity index (χ1v) is 9.22. The van der Waals surface area contributed by atoms with E-state index in [1.165, 1.54) is 19.2 Å². The number of carbonyl (C=O) groups excluding carboxylic acids is 1. The summed E-state index contributed by atoms with van der Waals surface area (Å²) in [5.74, 6) is -0.343. The lowest BCUT2D eigenvalue weighted by molar-refractivity contribution is -0.127. The standard InChI is InChI=1S/C20H25BN4O4/c1-20(2,25-21(3)27)19(26)23-17(14-28-12-15-8-5-4-6-9-15)18-16(10-7-11-22)13-29-24-18/h4-10,13,17,25,27H,12,14H2,1-3H3,(H,23,26)/b10-7+/t17-/m1/s1. The third kappa shape index (κ3) is 6.87. The molecule has 29 heavy (non-hydrogen) atoms. The smallest absolute Gasteiger partial charge is 0.374 e. The molecule has 1 atom stereocenters. The largest absolute Gasteiger partial charge is 0.437 e. The lowest BCUT2D eigenvalue weighted by Gasteiger charge is -2.28. The van der Waals surface area contributed by atoms with Gasteiger partial charge in [-0.15, -0.1) is 0 Å². The molecule has 0 radical (unpaired) electrons. The number of carbonyl (C=O) groups is 1. The molecule has 9 heteroatoms. The molecule has 3 N–H and O–H groups in total. The zero-order valence-electron chi connectivity index (χ0n) is 16.8. The van der Waals surface area contributed by atoms with Gasteiger partial charge in [0.2, 0.25) is 5.91 Å². The summed E-state index contributed by atoms with van der Waals surface area (Å²) in [5.41, 5.74) is 0.990. The molecule has 2 rings (SSSR count). The zero-order valence-corrected chi connectivity index (χ0v) is 16.8. The average Bonchev–Trinajstić information content (AvgIpc) is 3.13. The third-order valence-corrected chi connectivity index (χ3v) is 4.13. The lowest BCUT2D eigenvalue weighted by atomic mass is 9.83. The van der Waals surface area contributed by atoms with E-state index < -0.39 is 18.6 Å². The number of ether oxygens (including phenoxy) is 1. The first kappa shape index (κ1) is 22.4. The molecule has 1 amide bonds. The van der Waals surface area contributed by atoms with Crippen molar-refractivity contribution in [2.45, 2.75) is 38.9 Å². The number of hydrogen-bond acceptors (Lipinski definition) is 7. The number of benzene rings is 1. The minimum Gasteiger partial charge on any atom is -0.437 e. The molecule has 0 unspecified atom stereocenters. The summed E-state index contributed by atoms with van der Waals surface area (Å²) in [4.78, 5) is 12.8. The lowest BCUT2D eigenvalue weighted by Crippen LogP contribution is -2.57. The Hall–Kier alpha value is -2.93. The molecule has 1 heterocycles. The predicted molar refractivity (Wildman–Crippen MR) is 109 cm³/mol. The number of nitrogens with zero attached hydrogens (tertiary/aromatic N) is 2. The second kappa shape index (κ2) is 10.6. The van der Waals surface area contributed by atoms with Crippen LogP contribution in [0.3, 0.4) is 0 Å². The van der Waals surface area contributed by atoms with Crippen molar-refractivity contribution < 1.29 is 19.1 Å². The zero-order chi connectivity index (χ0) is 21.3. The summed E-state index contributed by atoms with van der Waals surface area (Å²) in [6.45, 7) is 5.37.